The maximum absolute atomic E-state index is 6.56. The van der Waals surface area contributed by atoms with Gasteiger partial charge in [0.05, 0.1) is 34.2 Å². The van der Waals surface area contributed by atoms with Crippen LogP contribution < -0.4 is 9.64 Å². The first-order chi connectivity index (χ1) is 33.4. The second-order valence-electron chi connectivity index (χ2n) is 17.1. The van der Waals surface area contributed by atoms with E-state index in [9.17, 15) is 0 Å². The Morgan fingerprint density at radius 3 is 1.94 bits per heavy atom. The number of pyridine rings is 2. The van der Waals surface area contributed by atoms with Crippen molar-refractivity contribution in [2.75, 3.05) is 11.5 Å². The molecular formula is C60H48N5O2P. The van der Waals surface area contributed by atoms with Gasteiger partial charge in [-0.1, -0.05) is 134 Å². The van der Waals surface area contributed by atoms with Crippen LogP contribution in [0, 0.1) is 13.8 Å². The van der Waals surface area contributed by atoms with Gasteiger partial charge in [-0.25, -0.2) is 9.97 Å². The molecule has 5 aromatic carbocycles. The predicted octanol–water partition coefficient (Wildman–Crippen LogP) is 14.6. The minimum absolute atomic E-state index is 0.224. The van der Waals surface area contributed by atoms with Crippen LogP contribution in [0.25, 0.3) is 67.5 Å². The molecule has 0 fully saturated rings. The molecule has 0 saturated carbocycles. The summed E-state index contributed by atoms with van der Waals surface area (Å²) < 4.78 is 13.0. The molecule has 4 aromatic heterocycles. The normalized spacial score (nSPS) is 14.5. The first kappa shape index (κ1) is 42.6. The van der Waals surface area contributed by atoms with E-state index >= 15 is 0 Å². The Morgan fingerprint density at radius 1 is 0.618 bits per heavy atom. The van der Waals surface area contributed by atoms with Gasteiger partial charge in [0, 0.05) is 45.8 Å². The fraction of sp³-hybridized carbons (Fsp3) is 0.100. The third-order valence-corrected chi connectivity index (χ3v) is 13.4. The molecule has 0 N–H and O–H groups in total. The summed E-state index contributed by atoms with van der Waals surface area (Å²) in [6.07, 6.45) is 15.2. The Bertz CT molecular complexity index is 3450. The van der Waals surface area contributed by atoms with Crippen LogP contribution in [-0.2, 0) is 6.42 Å². The Morgan fingerprint density at radius 2 is 1.25 bits per heavy atom. The maximum Gasteiger partial charge on any atom is 0.138 e. The summed E-state index contributed by atoms with van der Waals surface area (Å²) in [5, 5.41) is 0.950. The maximum atomic E-state index is 6.56. The van der Waals surface area contributed by atoms with Crippen molar-refractivity contribution in [3.8, 4) is 39.5 Å². The molecule has 2 unspecified atom stereocenters. The minimum Gasteiger partial charge on any atom is -0.488 e. The topological polar surface area (TPSA) is 77.2 Å². The minimum atomic E-state index is -0.224. The number of hydrogen-bond acceptors (Lipinski definition) is 7. The van der Waals surface area contributed by atoms with E-state index in [1.165, 1.54) is 0 Å². The van der Waals surface area contributed by atoms with Crippen molar-refractivity contribution in [2.45, 2.75) is 32.9 Å². The molecule has 5 heterocycles. The molecule has 8 heteroatoms. The summed E-state index contributed by atoms with van der Waals surface area (Å²) in [6, 6.07) is 52.5. The van der Waals surface area contributed by atoms with Gasteiger partial charge >= 0.3 is 0 Å². The highest BCUT2D eigenvalue weighted by Crippen LogP contribution is 2.47. The first-order valence-corrected chi connectivity index (χ1v) is 23.7. The molecular weight excluding hydrogens is 854 g/mol. The standard InChI is InChI=1S/C60H48N5O2P/c1-4-48-49(59-51-35-56(43-23-15-8-16-24-43)67-55(51)26-28-62-59)30-45(41-19-11-6-12-20-41)32-52(48)65(60-38(2)63-37-64-39(60)3)53-33-44(40-17-9-5-10-18-40)29-46(34-57(53)68)58-50-31-47(42-21-13-7-14-22-42)36-66-54(50)25-27-61-58/h5-35,37,57H,4,36,68H2,1-3H3. The summed E-state index contributed by atoms with van der Waals surface area (Å²) >= 11 is 0. The molecule has 330 valence electrons. The van der Waals surface area contributed by atoms with Crippen molar-refractivity contribution in [3.63, 3.8) is 0 Å². The Kier molecular flexibility index (Phi) is 11.5. The number of furan rings is 1. The third kappa shape index (κ3) is 8.05. The van der Waals surface area contributed by atoms with Crippen LogP contribution in [0.5, 0.6) is 5.75 Å². The molecule has 1 aliphatic carbocycles. The van der Waals surface area contributed by atoms with Crippen molar-refractivity contribution < 1.29 is 9.15 Å². The Hall–Kier alpha value is -7.99. The number of allylic oxidation sites excluding steroid dienone is 5. The number of ether oxygens (including phenoxy) is 1. The lowest BCUT2D eigenvalue weighted by Gasteiger charge is -2.34. The highest BCUT2D eigenvalue weighted by atomic mass is 31.0. The van der Waals surface area contributed by atoms with Crippen molar-refractivity contribution in [1.29, 1.82) is 0 Å². The summed E-state index contributed by atoms with van der Waals surface area (Å²) in [7, 11) is 3.18. The van der Waals surface area contributed by atoms with Gasteiger partial charge in [0.15, 0.2) is 0 Å². The van der Waals surface area contributed by atoms with Crippen molar-refractivity contribution in [1.82, 2.24) is 19.9 Å². The summed E-state index contributed by atoms with van der Waals surface area (Å²) in [4.78, 5) is 22.4. The largest absolute Gasteiger partial charge is 0.488 e. The highest BCUT2D eigenvalue weighted by Gasteiger charge is 2.31. The van der Waals surface area contributed by atoms with Crippen LogP contribution in [-0.4, -0.2) is 32.2 Å². The van der Waals surface area contributed by atoms with Crippen LogP contribution in [0.1, 0.15) is 46.3 Å². The molecule has 9 aromatic rings. The van der Waals surface area contributed by atoms with E-state index in [4.69, 9.17) is 29.1 Å². The quantitative estimate of drug-likeness (QED) is 0.127. The molecule has 7 nitrogen and oxygen atoms in total. The molecule has 0 amide bonds. The lowest BCUT2D eigenvalue weighted by atomic mass is 9.91. The van der Waals surface area contributed by atoms with E-state index in [1.54, 1.807) is 6.33 Å². The van der Waals surface area contributed by atoms with Crippen molar-refractivity contribution in [3.05, 3.63) is 234 Å². The molecule has 2 aliphatic rings. The number of aromatic nitrogens is 4. The molecule has 1 aliphatic heterocycles. The number of nitrogens with zero attached hydrogens (tertiary/aromatic N) is 5. The smallest absolute Gasteiger partial charge is 0.138 e. The van der Waals surface area contributed by atoms with Gasteiger partial charge in [-0.05, 0) is 113 Å². The average Bonchev–Trinajstić information content (AvgIpc) is 3.76. The molecule has 68 heavy (non-hydrogen) atoms. The molecule has 11 rings (SSSR count). The molecule has 0 saturated heterocycles. The molecule has 0 spiro atoms. The van der Waals surface area contributed by atoms with Crippen LogP contribution in [0.4, 0.5) is 11.4 Å². The van der Waals surface area contributed by atoms with Gasteiger partial charge < -0.3 is 14.1 Å². The number of benzene rings is 5. The zero-order valence-corrected chi connectivity index (χ0v) is 39.3. The molecule has 0 bridgehead atoms. The SMILES string of the molecule is CCc1c(-c2nccc3oc(-c4ccccc4)cc23)cc(-c2ccccc2)cc1N(C1=CC(c2ccccc2)=CC(c2nccc3c2C=C(c2ccccc2)CO3)=CC1P)c1c(C)ncnc1C. The average molecular weight is 902 g/mol. The number of anilines is 2. The van der Waals surface area contributed by atoms with E-state index < -0.39 is 0 Å². The lowest BCUT2D eigenvalue weighted by Crippen LogP contribution is -2.26. The number of fused-ring (bicyclic) bond motifs is 2. The Labute approximate surface area is 399 Å². The summed E-state index contributed by atoms with van der Waals surface area (Å²) in [5.74, 6) is 1.61. The number of rotatable bonds is 10. The fourth-order valence-electron chi connectivity index (χ4n) is 9.55. The monoisotopic (exact) mass is 901 g/mol. The zero-order chi connectivity index (χ0) is 46.1. The van der Waals surface area contributed by atoms with E-state index in [-0.39, 0.29) is 5.66 Å². The van der Waals surface area contributed by atoms with Crippen LogP contribution in [0.3, 0.4) is 0 Å². The van der Waals surface area contributed by atoms with Gasteiger partial charge in [-0.3, -0.25) is 9.97 Å². The van der Waals surface area contributed by atoms with Gasteiger partial charge in [0.25, 0.3) is 0 Å². The number of hydrogen-bond donors (Lipinski definition) is 0. The number of aryl methyl sites for hydroxylation is 2. The van der Waals surface area contributed by atoms with Crippen molar-refractivity contribution >= 4 is 54.4 Å². The lowest BCUT2D eigenvalue weighted by molar-refractivity contribution is 0.365. The third-order valence-electron chi connectivity index (χ3n) is 12.8. The molecule has 0 radical (unpaired) electrons. The van der Waals surface area contributed by atoms with Crippen LogP contribution >= 0.6 is 9.24 Å². The zero-order valence-electron chi connectivity index (χ0n) is 38.1. The van der Waals surface area contributed by atoms with Crippen molar-refractivity contribution in [2.24, 2.45) is 0 Å². The second kappa shape index (κ2) is 18.4. The van der Waals surface area contributed by atoms with E-state index in [0.717, 1.165) is 124 Å². The summed E-state index contributed by atoms with van der Waals surface area (Å²) in [6.45, 7) is 6.86. The van der Waals surface area contributed by atoms with E-state index in [1.807, 2.05) is 48.8 Å². The fourth-order valence-corrected chi connectivity index (χ4v) is 10.0. The van der Waals surface area contributed by atoms with Crippen LogP contribution in [0.2, 0.25) is 0 Å². The Balaban J connectivity index is 1.16. The van der Waals surface area contributed by atoms with Gasteiger partial charge in [0.2, 0.25) is 0 Å². The second-order valence-corrected chi connectivity index (χ2v) is 17.8. The van der Waals surface area contributed by atoms with Gasteiger partial charge in [0.1, 0.15) is 30.0 Å². The van der Waals surface area contributed by atoms with Gasteiger partial charge in [-0.2, -0.15) is 0 Å². The van der Waals surface area contributed by atoms with E-state index in [2.05, 4.69) is 174 Å². The van der Waals surface area contributed by atoms with E-state index in [0.29, 0.717) is 13.0 Å². The summed E-state index contributed by atoms with van der Waals surface area (Å²) in [5.41, 5.74) is 18.5. The first-order valence-electron chi connectivity index (χ1n) is 23.0. The van der Waals surface area contributed by atoms with Crippen LogP contribution in [0.15, 0.2) is 199 Å². The van der Waals surface area contributed by atoms with Gasteiger partial charge in [-0.15, -0.1) is 9.24 Å². The highest BCUT2D eigenvalue weighted by molar-refractivity contribution is 7.18. The predicted molar refractivity (Wildman–Crippen MR) is 281 cm³/mol. The molecule has 2 atom stereocenters.